The lowest BCUT2D eigenvalue weighted by atomic mass is 10.0. The molecule has 2 aromatic carbocycles. The van der Waals surface area contributed by atoms with E-state index in [-0.39, 0.29) is 29.2 Å². The van der Waals surface area contributed by atoms with Gasteiger partial charge in [0.05, 0.1) is 35.4 Å². The van der Waals surface area contributed by atoms with Crippen LogP contribution in [0.3, 0.4) is 0 Å². The Morgan fingerprint density at radius 2 is 1.94 bits per heavy atom. The van der Waals surface area contributed by atoms with Crippen LogP contribution >= 0.6 is 20.7 Å². The zero-order valence-electron chi connectivity index (χ0n) is 19.9. The number of carbonyl (C=O) groups excluding carboxylic acids is 1. The van der Waals surface area contributed by atoms with Crippen molar-refractivity contribution in [1.82, 2.24) is 20.0 Å². The molecular weight excluding hydrogens is 498 g/mol. The third-order valence-electron chi connectivity index (χ3n) is 7.30. The molecule has 3 atom stereocenters. The van der Waals surface area contributed by atoms with E-state index < -0.39 is 5.82 Å². The summed E-state index contributed by atoms with van der Waals surface area (Å²) < 4.78 is 20.8. The number of H-pyrrole nitrogens is 1. The fraction of sp³-hybridized carbons (Fsp3) is 0.423. The zero-order valence-corrected chi connectivity index (χ0v) is 21.9. The maximum absolute atomic E-state index is 14.8. The molecule has 1 aliphatic carbocycles. The third kappa shape index (κ3) is 5.21. The van der Waals surface area contributed by atoms with E-state index in [1.807, 2.05) is 12.1 Å². The maximum Gasteiger partial charge on any atom is 0.272 e. The van der Waals surface area contributed by atoms with Gasteiger partial charge in [-0.05, 0) is 42.5 Å². The van der Waals surface area contributed by atoms with Crippen molar-refractivity contribution in [2.45, 2.75) is 31.4 Å². The topological polar surface area (TPSA) is 78.5 Å². The van der Waals surface area contributed by atoms with Crippen molar-refractivity contribution in [3.05, 3.63) is 75.5 Å². The van der Waals surface area contributed by atoms with Crippen LogP contribution in [0, 0.1) is 11.7 Å². The van der Waals surface area contributed by atoms with Gasteiger partial charge in [-0.15, -0.1) is 0 Å². The van der Waals surface area contributed by atoms with Gasteiger partial charge in [0.25, 0.3) is 11.5 Å². The molecule has 36 heavy (non-hydrogen) atoms. The second kappa shape index (κ2) is 11.0. The number of likely N-dealkylation sites (tertiary alicyclic amines) is 1. The van der Waals surface area contributed by atoms with E-state index in [1.54, 1.807) is 29.2 Å². The number of aromatic amines is 1. The van der Waals surface area contributed by atoms with Gasteiger partial charge in [-0.3, -0.25) is 14.5 Å². The second-order valence-corrected chi connectivity index (χ2v) is 9.66. The molecule has 1 amide bonds. The van der Waals surface area contributed by atoms with Crippen LogP contribution in [0.25, 0.3) is 10.8 Å². The predicted molar refractivity (Wildman–Crippen MR) is 144 cm³/mol. The minimum Gasteiger partial charge on any atom is -0.373 e. The summed E-state index contributed by atoms with van der Waals surface area (Å²) in [6.45, 7) is 3.69. The molecule has 1 aromatic heterocycles. The van der Waals surface area contributed by atoms with Gasteiger partial charge in [0.1, 0.15) is 5.82 Å². The monoisotopic (exact) mass is 528 g/mol. The molecule has 3 fully saturated rings. The fourth-order valence-electron chi connectivity index (χ4n) is 5.30. The highest BCUT2D eigenvalue weighted by atomic mass is 32.7. The molecule has 0 bridgehead atoms. The van der Waals surface area contributed by atoms with Crippen LogP contribution < -0.4 is 5.56 Å². The Hall–Kier alpha value is -2.32. The number of amides is 1. The number of morpholine rings is 1. The number of fused-ring (bicyclic) bond motifs is 2. The molecule has 2 aliphatic heterocycles. The van der Waals surface area contributed by atoms with Crippen LogP contribution in [0.2, 0.25) is 0 Å². The van der Waals surface area contributed by atoms with E-state index in [1.165, 1.54) is 18.9 Å². The quantitative estimate of drug-likeness (QED) is 0.393. The lowest BCUT2D eigenvalue weighted by molar-refractivity contribution is -0.0484. The highest BCUT2D eigenvalue weighted by Crippen LogP contribution is 2.33. The predicted octanol–water partition coefficient (Wildman–Crippen LogP) is 3.29. The molecule has 1 N–H and O–H groups in total. The molecule has 0 radical (unpaired) electrons. The number of rotatable bonds is 5. The standard InChI is InChI=1S/C26H27FN4O3.H3PS/c27-21-8-7-17(12-22-18-3-1-2-4-19(18)25(32)29-28-22)11-20(21)26(33)31-14-23-24(15-31)34-10-9-30(23)13-16-5-6-16;1-2/h1-4,7-8,11,16,23-24H,5-6,9-10,12-15H2,(H,29,32);2H,1H2. The summed E-state index contributed by atoms with van der Waals surface area (Å²) in [7, 11) is 2.11. The van der Waals surface area contributed by atoms with Crippen molar-refractivity contribution in [3.8, 4) is 0 Å². The lowest BCUT2D eigenvalue weighted by Gasteiger charge is -2.36. The van der Waals surface area contributed by atoms with Gasteiger partial charge in [0.15, 0.2) is 0 Å². The largest absolute Gasteiger partial charge is 0.373 e. The molecular formula is C26H30FN4O3PS. The molecule has 0 spiro atoms. The first-order chi connectivity index (χ1) is 17.6. The number of nitrogens with one attached hydrogen (secondary N) is 1. The molecule has 3 heterocycles. The number of hydrogen-bond acceptors (Lipinski definition) is 6. The number of aromatic nitrogens is 2. The summed E-state index contributed by atoms with van der Waals surface area (Å²) in [6, 6.07) is 12.1. The average Bonchev–Trinajstić information content (AvgIpc) is 3.62. The van der Waals surface area contributed by atoms with E-state index in [4.69, 9.17) is 4.74 Å². The Labute approximate surface area is 216 Å². The summed E-state index contributed by atoms with van der Waals surface area (Å²) in [5, 5.41) is 8.05. The van der Waals surface area contributed by atoms with Gasteiger partial charge in [-0.1, -0.05) is 32.7 Å². The number of halogens is 1. The smallest absolute Gasteiger partial charge is 0.272 e. The molecule has 7 nitrogen and oxygen atoms in total. The fourth-order valence-corrected chi connectivity index (χ4v) is 5.30. The summed E-state index contributed by atoms with van der Waals surface area (Å²) in [5.41, 5.74) is 1.26. The Morgan fingerprint density at radius 3 is 2.72 bits per heavy atom. The Kier molecular flexibility index (Phi) is 7.72. The zero-order chi connectivity index (χ0) is 25.2. The number of hydrogen-bond donors (Lipinski definition) is 2. The Morgan fingerprint density at radius 1 is 1.17 bits per heavy atom. The van der Waals surface area contributed by atoms with Crippen molar-refractivity contribution in [2.24, 2.45) is 5.92 Å². The molecule has 3 aliphatic rings. The van der Waals surface area contributed by atoms with E-state index in [0.29, 0.717) is 37.2 Å². The van der Waals surface area contributed by atoms with E-state index in [9.17, 15) is 14.0 Å². The number of ether oxygens (including phenoxy) is 1. The number of carbonyl (C=O) groups is 1. The first-order valence-corrected chi connectivity index (χ1v) is 14.3. The summed E-state index contributed by atoms with van der Waals surface area (Å²) in [4.78, 5) is 29.6. The number of nitrogens with zero attached hydrogens (tertiary/aromatic N) is 3. The SMILES string of the molecule is O=C(c1cc(Cc2n[nH]c(=O)c3ccccc23)ccc1F)N1CC2OCCN(CC3CC3)C2C1.PS. The van der Waals surface area contributed by atoms with Crippen LogP contribution in [0.4, 0.5) is 4.39 Å². The van der Waals surface area contributed by atoms with Crippen molar-refractivity contribution < 1.29 is 13.9 Å². The maximum atomic E-state index is 14.8. The summed E-state index contributed by atoms with van der Waals surface area (Å²) in [6.07, 6.45) is 2.94. The van der Waals surface area contributed by atoms with Gasteiger partial charge in [0, 0.05) is 38.0 Å². The van der Waals surface area contributed by atoms with Gasteiger partial charge < -0.3 is 9.64 Å². The summed E-state index contributed by atoms with van der Waals surface area (Å²) in [5.74, 6) is -0.0584. The van der Waals surface area contributed by atoms with Gasteiger partial charge in [0.2, 0.25) is 0 Å². The first kappa shape index (κ1) is 25.3. The van der Waals surface area contributed by atoms with E-state index in [2.05, 4.69) is 35.8 Å². The minimum atomic E-state index is -0.529. The highest BCUT2D eigenvalue weighted by Gasteiger charge is 2.43. The van der Waals surface area contributed by atoms with Crippen molar-refractivity contribution >= 4 is 37.4 Å². The number of thiol groups is 1. The second-order valence-electron chi connectivity index (χ2n) is 9.66. The van der Waals surface area contributed by atoms with Crippen molar-refractivity contribution in [3.63, 3.8) is 0 Å². The molecule has 190 valence electrons. The Balaban J connectivity index is 0.00000130. The van der Waals surface area contributed by atoms with E-state index in [0.717, 1.165) is 30.0 Å². The van der Waals surface area contributed by atoms with Crippen LogP contribution in [0.15, 0.2) is 47.3 Å². The molecule has 2 saturated heterocycles. The lowest BCUT2D eigenvalue weighted by Crippen LogP contribution is -2.51. The van der Waals surface area contributed by atoms with Gasteiger partial charge in [-0.2, -0.15) is 17.3 Å². The molecule has 3 unspecified atom stereocenters. The van der Waals surface area contributed by atoms with Gasteiger partial charge >= 0.3 is 0 Å². The molecule has 3 aromatic rings. The van der Waals surface area contributed by atoms with Gasteiger partial charge in [-0.25, -0.2) is 9.49 Å². The van der Waals surface area contributed by atoms with Crippen LogP contribution in [-0.2, 0) is 11.2 Å². The summed E-state index contributed by atoms with van der Waals surface area (Å²) >= 11 is 3.44. The highest BCUT2D eigenvalue weighted by molar-refractivity contribution is 8.31. The van der Waals surface area contributed by atoms with Crippen LogP contribution in [0.1, 0.15) is 34.5 Å². The normalized spacial score (nSPS) is 21.7. The number of benzene rings is 2. The Bertz CT molecular complexity index is 1320. The van der Waals surface area contributed by atoms with Crippen molar-refractivity contribution in [2.75, 3.05) is 32.8 Å². The van der Waals surface area contributed by atoms with E-state index >= 15 is 0 Å². The molecule has 1 saturated carbocycles. The van der Waals surface area contributed by atoms with Crippen LogP contribution in [-0.4, -0.2) is 70.8 Å². The molecule has 10 heteroatoms. The molecule has 6 rings (SSSR count). The van der Waals surface area contributed by atoms with Crippen LogP contribution in [0.5, 0.6) is 0 Å². The third-order valence-corrected chi connectivity index (χ3v) is 7.30. The first-order valence-electron chi connectivity index (χ1n) is 12.2. The average molecular weight is 529 g/mol. The minimum absolute atomic E-state index is 0.0144. The van der Waals surface area contributed by atoms with Crippen molar-refractivity contribution in [1.29, 1.82) is 0 Å².